The molecule has 2 heterocycles. The smallest absolute Gasteiger partial charge is 0.161 e. The molecule has 3 aromatic rings. The van der Waals surface area contributed by atoms with Crippen molar-refractivity contribution < 1.29 is 19.3 Å². The minimum absolute atomic E-state index is 0.0464. The molecular formula is C22H23N3O4. The van der Waals surface area contributed by atoms with E-state index in [-0.39, 0.29) is 11.9 Å². The average molecular weight is 393 g/mol. The first kappa shape index (κ1) is 19.0. The van der Waals surface area contributed by atoms with Crippen LogP contribution in [0.5, 0.6) is 11.5 Å². The molecule has 0 spiro atoms. The molecule has 0 unspecified atom stereocenters. The lowest BCUT2D eigenvalue weighted by molar-refractivity contribution is -0.101. The summed E-state index contributed by atoms with van der Waals surface area (Å²) in [5.41, 5.74) is 15.9. The minimum Gasteiger partial charge on any atom is -0.504 e. The lowest BCUT2D eigenvalue weighted by Gasteiger charge is -2.23. The maximum Gasteiger partial charge on any atom is 0.161 e. The van der Waals surface area contributed by atoms with Gasteiger partial charge in [0.15, 0.2) is 11.5 Å². The number of hydrogen-bond acceptors (Lipinski definition) is 7. The second-order valence-electron chi connectivity index (χ2n) is 6.84. The molecule has 5 N–H and O–H groups in total. The van der Waals surface area contributed by atoms with E-state index in [1.807, 2.05) is 36.4 Å². The van der Waals surface area contributed by atoms with Gasteiger partial charge in [-0.15, -0.1) is 0 Å². The fourth-order valence-corrected chi connectivity index (χ4v) is 3.16. The van der Waals surface area contributed by atoms with E-state index >= 15 is 0 Å². The molecule has 1 aliphatic heterocycles. The van der Waals surface area contributed by atoms with Crippen molar-refractivity contribution in [3.8, 4) is 33.8 Å². The maximum absolute atomic E-state index is 10.4. The van der Waals surface area contributed by atoms with Crippen LogP contribution in [0.3, 0.4) is 0 Å². The number of anilines is 2. The molecule has 0 saturated carbocycles. The molecule has 7 nitrogen and oxygen atoms in total. The zero-order valence-electron chi connectivity index (χ0n) is 15.9. The van der Waals surface area contributed by atoms with Crippen molar-refractivity contribution in [3.05, 3.63) is 54.7 Å². The predicted molar refractivity (Wildman–Crippen MR) is 112 cm³/mol. The lowest BCUT2D eigenvalue weighted by Crippen LogP contribution is -2.33. The summed E-state index contributed by atoms with van der Waals surface area (Å²) in [5, 5.41) is 10.4. The van der Waals surface area contributed by atoms with Crippen molar-refractivity contribution in [1.82, 2.24) is 4.98 Å². The lowest BCUT2D eigenvalue weighted by atomic mass is 10.0. The molecule has 1 fully saturated rings. The predicted octanol–water partition coefficient (Wildman–Crippen LogP) is 3.08. The number of phenolic OH excluding ortho intramolecular Hbond substituents is 1. The fourth-order valence-electron chi connectivity index (χ4n) is 3.16. The Hall–Kier alpha value is -3.29. The molecule has 4 rings (SSSR count). The Morgan fingerprint density at radius 1 is 1.00 bits per heavy atom. The molecule has 7 heteroatoms. The standard InChI is InChI=1S/C22H23N3O4/c23-17-4-1-14(2-5-17)19-9-16(11-25-22(19)24)15-3-6-21(20(26)10-15)29-13-18-12-27-7-8-28-18/h1-6,9-11,18,26H,7-8,12-13,23H2,(H2,24,25)/t18-/m1/s1. The number of rotatable bonds is 5. The largest absolute Gasteiger partial charge is 0.504 e. The summed E-state index contributed by atoms with van der Waals surface area (Å²) in [6.07, 6.45) is 1.55. The fraction of sp³-hybridized carbons (Fsp3) is 0.227. The van der Waals surface area contributed by atoms with Crippen molar-refractivity contribution in [1.29, 1.82) is 0 Å². The molecule has 1 atom stereocenters. The summed E-state index contributed by atoms with van der Waals surface area (Å²) in [4.78, 5) is 4.31. The zero-order valence-corrected chi connectivity index (χ0v) is 15.9. The van der Waals surface area contributed by atoms with E-state index in [1.165, 1.54) is 0 Å². The number of aromatic hydroxyl groups is 1. The topological polar surface area (TPSA) is 113 Å². The van der Waals surface area contributed by atoms with E-state index in [9.17, 15) is 5.11 Å². The van der Waals surface area contributed by atoms with Gasteiger partial charge in [-0.1, -0.05) is 18.2 Å². The second kappa shape index (κ2) is 8.38. The summed E-state index contributed by atoms with van der Waals surface area (Å²) in [6, 6.07) is 14.6. The highest BCUT2D eigenvalue weighted by molar-refractivity contribution is 5.80. The van der Waals surface area contributed by atoms with Crippen molar-refractivity contribution in [2.75, 3.05) is 37.9 Å². The van der Waals surface area contributed by atoms with Gasteiger partial charge in [0, 0.05) is 23.0 Å². The Morgan fingerprint density at radius 3 is 2.52 bits per heavy atom. The van der Waals surface area contributed by atoms with Crippen molar-refractivity contribution in [2.24, 2.45) is 0 Å². The van der Waals surface area contributed by atoms with Gasteiger partial charge in [-0.25, -0.2) is 4.98 Å². The number of nitrogens with zero attached hydrogens (tertiary/aromatic N) is 1. The molecule has 1 aromatic heterocycles. The number of nitrogens with two attached hydrogens (primary N) is 2. The third-order valence-electron chi connectivity index (χ3n) is 4.74. The monoisotopic (exact) mass is 393 g/mol. The van der Waals surface area contributed by atoms with E-state index in [0.717, 1.165) is 22.3 Å². The van der Waals surface area contributed by atoms with Crippen molar-refractivity contribution >= 4 is 11.5 Å². The Balaban J connectivity index is 1.54. The molecule has 0 radical (unpaired) electrons. The van der Waals surface area contributed by atoms with E-state index in [4.69, 9.17) is 25.7 Å². The number of hydrogen-bond donors (Lipinski definition) is 3. The summed E-state index contributed by atoms with van der Waals surface area (Å²) in [7, 11) is 0. The van der Waals surface area contributed by atoms with Crippen molar-refractivity contribution in [3.63, 3.8) is 0 Å². The number of phenols is 1. The van der Waals surface area contributed by atoms with Crippen LogP contribution in [0, 0.1) is 0 Å². The van der Waals surface area contributed by atoms with Gasteiger partial charge < -0.3 is 30.8 Å². The molecule has 0 amide bonds. The number of pyridine rings is 1. The van der Waals surface area contributed by atoms with Gasteiger partial charge in [-0.05, 0) is 41.5 Å². The quantitative estimate of drug-likeness (QED) is 0.571. The summed E-state index contributed by atoms with van der Waals surface area (Å²) >= 11 is 0. The van der Waals surface area contributed by atoms with Crippen molar-refractivity contribution in [2.45, 2.75) is 6.10 Å². The summed E-state index contributed by atoms with van der Waals surface area (Å²) in [6.45, 7) is 1.96. The van der Waals surface area contributed by atoms with Gasteiger partial charge in [0.05, 0.1) is 19.8 Å². The molecule has 1 saturated heterocycles. The van der Waals surface area contributed by atoms with E-state index in [0.29, 0.717) is 43.7 Å². The van der Waals surface area contributed by atoms with Crippen LogP contribution in [0.2, 0.25) is 0 Å². The van der Waals surface area contributed by atoms with Crippen LogP contribution in [0.4, 0.5) is 11.5 Å². The number of benzene rings is 2. The van der Waals surface area contributed by atoms with E-state index < -0.39 is 0 Å². The van der Waals surface area contributed by atoms with Crippen LogP contribution in [-0.2, 0) is 9.47 Å². The Labute approximate surface area is 168 Å². The highest BCUT2D eigenvalue weighted by Gasteiger charge is 2.16. The van der Waals surface area contributed by atoms with Crippen LogP contribution in [0.15, 0.2) is 54.7 Å². The van der Waals surface area contributed by atoms with Crippen LogP contribution in [0.25, 0.3) is 22.3 Å². The first-order chi connectivity index (χ1) is 14.1. The number of aromatic nitrogens is 1. The average Bonchev–Trinajstić information content (AvgIpc) is 2.75. The highest BCUT2D eigenvalue weighted by atomic mass is 16.6. The Bertz CT molecular complexity index is 986. The zero-order chi connectivity index (χ0) is 20.2. The van der Waals surface area contributed by atoms with Crippen LogP contribution >= 0.6 is 0 Å². The maximum atomic E-state index is 10.4. The summed E-state index contributed by atoms with van der Waals surface area (Å²) < 4.78 is 16.6. The Morgan fingerprint density at radius 2 is 1.79 bits per heavy atom. The SMILES string of the molecule is Nc1ccc(-c2cc(-c3ccc(OC[C@H]4COCCO4)c(O)c3)cnc2N)cc1. The van der Waals surface area contributed by atoms with Gasteiger partial charge in [0.1, 0.15) is 18.5 Å². The van der Waals surface area contributed by atoms with E-state index in [2.05, 4.69) is 4.98 Å². The minimum atomic E-state index is -0.133. The second-order valence-corrected chi connectivity index (χ2v) is 6.84. The van der Waals surface area contributed by atoms with Gasteiger partial charge >= 0.3 is 0 Å². The van der Waals surface area contributed by atoms with Crippen LogP contribution in [-0.4, -0.2) is 42.6 Å². The molecule has 29 heavy (non-hydrogen) atoms. The van der Waals surface area contributed by atoms with Crippen LogP contribution < -0.4 is 16.2 Å². The first-order valence-corrected chi connectivity index (χ1v) is 9.37. The summed E-state index contributed by atoms with van der Waals surface area (Å²) in [5.74, 6) is 0.868. The highest BCUT2D eigenvalue weighted by Crippen LogP contribution is 2.34. The van der Waals surface area contributed by atoms with Gasteiger partial charge in [-0.2, -0.15) is 0 Å². The molecule has 150 valence electrons. The number of nitrogen functional groups attached to an aromatic ring is 2. The van der Waals surface area contributed by atoms with E-state index in [1.54, 1.807) is 18.3 Å². The first-order valence-electron chi connectivity index (χ1n) is 9.37. The number of ether oxygens (including phenoxy) is 3. The third kappa shape index (κ3) is 4.42. The Kier molecular flexibility index (Phi) is 5.50. The molecular weight excluding hydrogens is 370 g/mol. The van der Waals surface area contributed by atoms with Gasteiger partial charge in [-0.3, -0.25) is 0 Å². The van der Waals surface area contributed by atoms with Crippen LogP contribution in [0.1, 0.15) is 0 Å². The third-order valence-corrected chi connectivity index (χ3v) is 4.74. The van der Waals surface area contributed by atoms with Gasteiger partial charge in [0.2, 0.25) is 0 Å². The normalized spacial score (nSPS) is 16.5. The molecule has 1 aliphatic rings. The molecule has 0 bridgehead atoms. The molecule has 2 aromatic carbocycles. The van der Waals surface area contributed by atoms with Gasteiger partial charge in [0.25, 0.3) is 0 Å². The molecule has 0 aliphatic carbocycles.